The zero-order chi connectivity index (χ0) is 24.4. The number of benzene rings is 2. The zero-order valence-corrected chi connectivity index (χ0v) is 21.2. The Bertz CT molecular complexity index is 1030. The largest absolute Gasteiger partial charge is 0.349 e. The van der Waals surface area contributed by atoms with Crippen LogP contribution >= 0.6 is 0 Å². The lowest BCUT2D eigenvalue weighted by atomic mass is 10.0. The molecule has 2 saturated heterocycles. The van der Waals surface area contributed by atoms with E-state index in [0.717, 1.165) is 57.5 Å². The molecule has 5 rings (SSSR count). The number of hydrogen-bond acceptors (Lipinski definition) is 3. The van der Waals surface area contributed by atoms with Gasteiger partial charge in [-0.2, -0.15) is 0 Å². The second-order valence-electron chi connectivity index (χ2n) is 11.0. The molecule has 5 nitrogen and oxygen atoms in total. The van der Waals surface area contributed by atoms with Crippen LogP contribution in [0, 0.1) is 31.6 Å². The Hall–Kier alpha value is -2.66. The van der Waals surface area contributed by atoms with Crippen LogP contribution in [0.1, 0.15) is 65.2 Å². The van der Waals surface area contributed by atoms with E-state index in [4.69, 9.17) is 0 Å². The quantitative estimate of drug-likeness (QED) is 0.632. The van der Waals surface area contributed by atoms with Crippen molar-refractivity contribution in [2.75, 3.05) is 32.7 Å². The van der Waals surface area contributed by atoms with E-state index < -0.39 is 0 Å². The number of carbonyl (C=O) groups is 2. The summed E-state index contributed by atoms with van der Waals surface area (Å²) >= 11 is 0. The Morgan fingerprint density at radius 1 is 0.914 bits per heavy atom. The molecule has 0 bridgehead atoms. The third kappa shape index (κ3) is 5.45. The molecule has 3 fully saturated rings. The Morgan fingerprint density at radius 3 is 2.26 bits per heavy atom. The second-order valence-corrected chi connectivity index (χ2v) is 11.0. The first-order chi connectivity index (χ1) is 17.0. The van der Waals surface area contributed by atoms with E-state index in [0.29, 0.717) is 11.8 Å². The molecule has 0 radical (unpaired) electrons. The van der Waals surface area contributed by atoms with E-state index in [-0.39, 0.29) is 23.8 Å². The number of hydrogen-bond donors (Lipinski definition) is 1. The molecule has 3 atom stereocenters. The molecule has 0 aromatic heterocycles. The van der Waals surface area contributed by atoms with Gasteiger partial charge in [0, 0.05) is 44.2 Å². The van der Waals surface area contributed by atoms with Crippen LogP contribution < -0.4 is 5.32 Å². The van der Waals surface area contributed by atoms with Gasteiger partial charge in [0.2, 0.25) is 5.91 Å². The molecule has 35 heavy (non-hydrogen) atoms. The molecule has 2 heterocycles. The van der Waals surface area contributed by atoms with Gasteiger partial charge >= 0.3 is 0 Å². The summed E-state index contributed by atoms with van der Waals surface area (Å²) in [4.78, 5) is 30.6. The predicted octanol–water partition coefficient (Wildman–Crippen LogP) is 4.75. The first-order valence-corrected chi connectivity index (χ1v) is 13.4. The molecule has 2 aliphatic heterocycles. The highest BCUT2D eigenvalue weighted by atomic mass is 16.2. The molecule has 1 N–H and O–H groups in total. The topological polar surface area (TPSA) is 52.7 Å². The van der Waals surface area contributed by atoms with Crippen molar-refractivity contribution in [1.29, 1.82) is 0 Å². The van der Waals surface area contributed by atoms with E-state index in [1.165, 1.54) is 29.5 Å². The SMILES string of the molecule is Cc1ccc(C(=O)N2CC3CN(CC[C@H](NC(=O)C4CCCC4)c4ccccc4)CC3C2)cc1C. The lowest BCUT2D eigenvalue weighted by molar-refractivity contribution is -0.125. The van der Waals surface area contributed by atoms with Crippen molar-refractivity contribution in [2.24, 2.45) is 17.8 Å². The molecule has 2 unspecified atom stereocenters. The van der Waals surface area contributed by atoms with Crippen molar-refractivity contribution in [1.82, 2.24) is 15.1 Å². The highest BCUT2D eigenvalue weighted by Gasteiger charge is 2.41. The smallest absolute Gasteiger partial charge is 0.253 e. The van der Waals surface area contributed by atoms with Gasteiger partial charge in [-0.3, -0.25) is 9.59 Å². The normalized spacial score (nSPS) is 23.4. The first-order valence-electron chi connectivity index (χ1n) is 13.4. The minimum atomic E-state index is 0.0626. The summed E-state index contributed by atoms with van der Waals surface area (Å²) in [6.07, 6.45) is 5.33. The van der Waals surface area contributed by atoms with Gasteiger partial charge in [-0.05, 0) is 73.8 Å². The fourth-order valence-electron chi connectivity index (χ4n) is 6.29. The summed E-state index contributed by atoms with van der Waals surface area (Å²) in [5, 5.41) is 3.38. The van der Waals surface area contributed by atoms with Crippen LogP contribution in [0.4, 0.5) is 0 Å². The molecule has 2 amide bonds. The number of amides is 2. The van der Waals surface area contributed by atoms with E-state index in [1.54, 1.807) is 0 Å². The molecule has 3 aliphatic rings. The van der Waals surface area contributed by atoms with Gasteiger partial charge in [0.1, 0.15) is 0 Å². The average molecular weight is 474 g/mol. The summed E-state index contributed by atoms with van der Waals surface area (Å²) in [6, 6.07) is 16.5. The maximum absolute atomic E-state index is 13.1. The van der Waals surface area contributed by atoms with E-state index in [9.17, 15) is 9.59 Å². The molecular weight excluding hydrogens is 434 g/mol. The van der Waals surface area contributed by atoms with Crippen molar-refractivity contribution in [3.05, 3.63) is 70.8 Å². The predicted molar refractivity (Wildman–Crippen MR) is 139 cm³/mol. The Labute approximate surface area is 209 Å². The maximum atomic E-state index is 13.1. The highest BCUT2D eigenvalue weighted by molar-refractivity contribution is 5.94. The molecule has 5 heteroatoms. The lowest BCUT2D eigenvalue weighted by Gasteiger charge is -2.26. The highest BCUT2D eigenvalue weighted by Crippen LogP contribution is 2.33. The maximum Gasteiger partial charge on any atom is 0.253 e. The Morgan fingerprint density at radius 2 is 1.60 bits per heavy atom. The van der Waals surface area contributed by atoms with Crippen LogP contribution in [-0.4, -0.2) is 54.3 Å². The number of rotatable bonds is 7. The third-order valence-corrected chi connectivity index (χ3v) is 8.58. The molecule has 0 spiro atoms. The van der Waals surface area contributed by atoms with E-state index in [1.807, 2.05) is 18.2 Å². The minimum absolute atomic E-state index is 0.0626. The summed E-state index contributed by atoms with van der Waals surface area (Å²) in [5.41, 5.74) is 4.41. The van der Waals surface area contributed by atoms with Crippen LogP contribution in [-0.2, 0) is 4.79 Å². The molecule has 1 saturated carbocycles. The summed E-state index contributed by atoms with van der Waals surface area (Å²) in [7, 11) is 0. The van der Waals surface area contributed by atoms with Gasteiger partial charge in [-0.1, -0.05) is 49.2 Å². The fourth-order valence-corrected chi connectivity index (χ4v) is 6.29. The van der Waals surface area contributed by atoms with Crippen molar-refractivity contribution < 1.29 is 9.59 Å². The van der Waals surface area contributed by atoms with Crippen LogP contribution in [0.25, 0.3) is 0 Å². The first kappa shape index (κ1) is 24.1. The lowest BCUT2D eigenvalue weighted by Crippen LogP contribution is -2.36. The number of nitrogens with zero attached hydrogens (tertiary/aromatic N) is 2. The van der Waals surface area contributed by atoms with Crippen molar-refractivity contribution in [3.63, 3.8) is 0 Å². The van der Waals surface area contributed by atoms with Crippen molar-refractivity contribution in [2.45, 2.75) is 52.0 Å². The summed E-state index contributed by atoms with van der Waals surface area (Å²) in [6.45, 7) is 8.92. The standard InChI is InChI=1S/C30H39N3O2/c1-21-12-13-25(16-22(21)2)30(35)33-19-26-17-32(18-27(26)20-33)15-14-28(23-8-4-3-5-9-23)31-29(34)24-10-6-7-11-24/h3-5,8-9,12-13,16,24,26-28H,6-7,10-11,14-15,17-20H2,1-2H3,(H,31,34)/t26?,27?,28-/m0/s1. The van der Waals surface area contributed by atoms with Gasteiger partial charge < -0.3 is 15.1 Å². The van der Waals surface area contributed by atoms with Gasteiger partial charge in [-0.15, -0.1) is 0 Å². The third-order valence-electron chi connectivity index (χ3n) is 8.58. The van der Waals surface area contributed by atoms with Crippen LogP contribution in [0.2, 0.25) is 0 Å². The van der Waals surface area contributed by atoms with E-state index >= 15 is 0 Å². The van der Waals surface area contributed by atoms with Crippen molar-refractivity contribution >= 4 is 11.8 Å². The number of fused-ring (bicyclic) bond motifs is 1. The summed E-state index contributed by atoms with van der Waals surface area (Å²) < 4.78 is 0. The van der Waals surface area contributed by atoms with Crippen molar-refractivity contribution in [3.8, 4) is 0 Å². The molecule has 2 aromatic rings. The number of carbonyl (C=O) groups excluding carboxylic acids is 2. The molecule has 186 valence electrons. The monoisotopic (exact) mass is 473 g/mol. The van der Waals surface area contributed by atoms with E-state index in [2.05, 4.69) is 59.3 Å². The Kier molecular flexibility index (Phi) is 7.24. The van der Waals surface area contributed by atoms with Gasteiger partial charge in [0.05, 0.1) is 6.04 Å². The van der Waals surface area contributed by atoms with Crippen LogP contribution in [0.5, 0.6) is 0 Å². The second kappa shape index (κ2) is 10.5. The Balaban J connectivity index is 1.15. The van der Waals surface area contributed by atoms with Gasteiger partial charge in [0.25, 0.3) is 5.91 Å². The fraction of sp³-hybridized carbons (Fsp3) is 0.533. The van der Waals surface area contributed by atoms with Crippen LogP contribution in [0.15, 0.2) is 48.5 Å². The number of aryl methyl sites for hydroxylation is 2. The molecule has 1 aliphatic carbocycles. The van der Waals surface area contributed by atoms with Gasteiger partial charge in [-0.25, -0.2) is 0 Å². The molecule has 2 aromatic carbocycles. The average Bonchev–Trinajstić information content (AvgIpc) is 3.60. The van der Waals surface area contributed by atoms with Crippen LogP contribution in [0.3, 0.4) is 0 Å². The molecular formula is C30H39N3O2. The zero-order valence-electron chi connectivity index (χ0n) is 21.2. The summed E-state index contributed by atoms with van der Waals surface area (Å²) in [5.74, 6) is 1.69. The minimum Gasteiger partial charge on any atom is -0.349 e. The number of nitrogens with one attached hydrogen (secondary N) is 1. The van der Waals surface area contributed by atoms with Gasteiger partial charge in [0.15, 0.2) is 0 Å². The number of likely N-dealkylation sites (tertiary alicyclic amines) is 2.